The van der Waals surface area contributed by atoms with Crippen LogP contribution in [0.5, 0.6) is 0 Å². The molecular weight excluding hydrogens is 330 g/mol. The van der Waals surface area contributed by atoms with E-state index >= 15 is 0 Å². The van der Waals surface area contributed by atoms with Crippen LogP contribution in [0.1, 0.15) is 47.8 Å². The first-order chi connectivity index (χ1) is 12.1. The first kappa shape index (κ1) is 17.8. The van der Waals surface area contributed by atoms with Gasteiger partial charge >= 0.3 is 0 Å². The van der Waals surface area contributed by atoms with Crippen molar-refractivity contribution < 1.29 is 4.42 Å². The predicted molar refractivity (Wildman–Crippen MR) is 104 cm³/mol. The molecule has 2 nitrogen and oxygen atoms in total. The molecule has 0 saturated heterocycles. The maximum atomic E-state index is 5.97. The van der Waals surface area contributed by atoms with E-state index in [4.69, 9.17) is 16.0 Å². The minimum absolute atomic E-state index is 0.264. The average Bonchev–Trinajstić information content (AvgIpc) is 3.14. The molecule has 0 radical (unpaired) electrons. The number of benzene rings is 2. The number of halogens is 1. The summed E-state index contributed by atoms with van der Waals surface area (Å²) >= 11 is 5.97. The fourth-order valence-corrected chi connectivity index (χ4v) is 3.20. The molecule has 2 aromatic carbocycles. The molecule has 0 spiro atoms. The van der Waals surface area contributed by atoms with Crippen molar-refractivity contribution in [1.29, 1.82) is 0 Å². The highest BCUT2D eigenvalue weighted by Gasteiger charge is 2.17. The van der Waals surface area contributed by atoms with Crippen molar-refractivity contribution in [1.82, 2.24) is 5.32 Å². The molecule has 1 N–H and O–H groups in total. The van der Waals surface area contributed by atoms with Crippen LogP contribution in [0.4, 0.5) is 0 Å². The zero-order chi connectivity index (χ0) is 17.6. The number of aryl methyl sites for hydroxylation is 1. The van der Waals surface area contributed by atoms with Crippen molar-refractivity contribution >= 4 is 11.6 Å². The minimum Gasteiger partial charge on any atom is -0.469 e. The lowest BCUT2D eigenvalue weighted by Crippen LogP contribution is -2.21. The van der Waals surface area contributed by atoms with Crippen molar-refractivity contribution in [3.63, 3.8) is 0 Å². The van der Waals surface area contributed by atoms with Crippen molar-refractivity contribution in [2.45, 2.75) is 32.2 Å². The highest BCUT2D eigenvalue weighted by molar-refractivity contribution is 6.30. The monoisotopic (exact) mass is 353 g/mol. The van der Waals surface area contributed by atoms with E-state index in [-0.39, 0.29) is 12.0 Å². The molecule has 2 atom stereocenters. The molecule has 0 bridgehead atoms. The van der Waals surface area contributed by atoms with Crippen molar-refractivity contribution in [2.75, 3.05) is 6.54 Å². The van der Waals surface area contributed by atoms with Crippen LogP contribution in [-0.2, 0) is 0 Å². The van der Waals surface area contributed by atoms with E-state index < -0.39 is 0 Å². The summed E-state index contributed by atoms with van der Waals surface area (Å²) in [4.78, 5) is 0. The normalized spacial score (nSPS) is 13.6. The second-order valence-electron chi connectivity index (χ2n) is 6.49. The zero-order valence-corrected chi connectivity index (χ0v) is 15.5. The Hall–Kier alpha value is -2.03. The highest BCUT2D eigenvalue weighted by Crippen LogP contribution is 2.28. The summed E-state index contributed by atoms with van der Waals surface area (Å²) in [6.07, 6.45) is 2.73. The van der Waals surface area contributed by atoms with E-state index in [1.807, 2.05) is 18.2 Å². The first-order valence-electron chi connectivity index (χ1n) is 8.72. The van der Waals surface area contributed by atoms with Crippen molar-refractivity contribution in [3.05, 3.63) is 94.4 Å². The van der Waals surface area contributed by atoms with Gasteiger partial charge in [-0.05, 0) is 62.2 Å². The summed E-state index contributed by atoms with van der Waals surface area (Å²) < 4.78 is 5.69. The quantitative estimate of drug-likeness (QED) is 0.554. The van der Waals surface area contributed by atoms with Crippen LogP contribution in [0.15, 0.2) is 71.3 Å². The van der Waals surface area contributed by atoms with E-state index in [0.29, 0.717) is 0 Å². The minimum atomic E-state index is 0.264. The summed E-state index contributed by atoms with van der Waals surface area (Å²) in [5, 5.41) is 4.38. The van der Waals surface area contributed by atoms with Crippen LogP contribution in [0.25, 0.3) is 0 Å². The van der Waals surface area contributed by atoms with Crippen LogP contribution in [0.2, 0.25) is 5.02 Å². The van der Waals surface area contributed by atoms with Gasteiger partial charge in [-0.2, -0.15) is 0 Å². The maximum absolute atomic E-state index is 5.97. The second kappa shape index (κ2) is 8.37. The molecule has 0 aliphatic carbocycles. The van der Waals surface area contributed by atoms with Gasteiger partial charge in [-0.3, -0.25) is 0 Å². The average molecular weight is 354 g/mol. The Morgan fingerprint density at radius 1 is 0.960 bits per heavy atom. The van der Waals surface area contributed by atoms with Gasteiger partial charge in [-0.1, -0.05) is 53.6 Å². The molecule has 25 heavy (non-hydrogen) atoms. The van der Waals surface area contributed by atoms with Crippen LogP contribution < -0.4 is 5.32 Å². The van der Waals surface area contributed by atoms with Gasteiger partial charge in [0.15, 0.2) is 0 Å². The number of hydrogen-bond acceptors (Lipinski definition) is 2. The molecule has 0 unspecified atom stereocenters. The number of rotatable bonds is 7. The fraction of sp³-hybridized carbons (Fsp3) is 0.273. The molecule has 0 aliphatic heterocycles. The number of furan rings is 1. The lowest BCUT2D eigenvalue weighted by Gasteiger charge is -2.19. The van der Waals surface area contributed by atoms with Gasteiger partial charge in [0.2, 0.25) is 0 Å². The standard InChI is InChI=1S/C22H24ClNO/c1-16-5-7-19(8-6-16)21(22-4-3-15-25-22)13-14-24-17(2)18-9-11-20(23)12-10-18/h3-12,15,17,21,24H,13-14H2,1-2H3/t17-,21-/m1/s1. The van der Waals surface area contributed by atoms with E-state index in [1.54, 1.807) is 6.26 Å². The smallest absolute Gasteiger partial charge is 0.111 e. The van der Waals surface area contributed by atoms with Gasteiger partial charge in [-0.25, -0.2) is 0 Å². The molecule has 0 amide bonds. The van der Waals surface area contributed by atoms with Crippen LogP contribution >= 0.6 is 11.6 Å². The van der Waals surface area contributed by atoms with Gasteiger partial charge in [0.05, 0.1) is 6.26 Å². The topological polar surface area (TPSA) is 25.2 Å². The summed E-state index contributed by atoms with van der Waals surface area (Å²) in [5.41, 5.74) is 3.81. The number of nitrogens with one attached hydrogen (secondary N) is 1. The molecule has 0 aliphatic rings. The van der Waals surface area contributed by atoms with Gasteiger partial charge < -0.3 is 9.73 Å². The summed E-state index contributed by atoms with van der Waals surface area (Å²) in [7, 11) is 0. The molecular formula is C22H24ClNO. The van der Waals surface area contributed by atoms with Gasteiger partial charge in [0.25, 0.3) is 0 Å². The van der Waals surface area contributed by atoms with Crippen LogP contribution in [0.3, 0.4) is 0 Å². The Morgan fingerprint density at radius 2 is 1.64 bits per heavy atom. The first-order valence-corrected chi connectivity index (χ1v) is 9.10. The Kier molecular flexibility index (Phi) is 5.95. The van der Waals surface area contributed by atoms with Gasteiger partial charge in [0.1, 0.15) is 5.76 Å². The number of hydrogen-bond donors (Lipinski definition) is 1. The Morgan fingerprint density at radius 3 is 2.28 bits per heavy atom. The molecule has 130 valence electrons. The maximum Gasteiger partial charge on any atom is 0.111 e. The summed E-state index contributed by atoms with van der Waals surface area (Å²) in [6.45, 7) is 5.20. The Bertz CT molecular complexity index is 763. The largest absolute Gasteiger partial charge is 0.469 e. The van der Waals surface area contributed by atoms with E-state index in [2.05, 4.69) is 61.6 Å². The lowest BCUT2D eigenvalue weighted by molar-refractivity contribution is 0.457. The molecule has 1 aromatic heterocycles. The summed E-state index contributed by atoms with van der Waals surface area (Å²) in [5.74, 6) is 1.28. The molecule has 1 heterocycles. The van der Waals surface area contributed by atoms with Crippen molar-refractivity contribution in [3.8, 4) is 0 Å². The Balaban J connectivity index is 1.65. The van der Waals surface area contributed by atoms with E-state index in [0.717, 1.165) is 23.7 Å². The zero-order valence-electron chi connectivity index (χ0n) is 14.7. The SMILES string of the molecule is Cc1ccc([C@@H](CCN[C@H](C)c2ccc(Cl)cc2)c2ccco2)cc1. The van der Waals surface area contributed by atoms with Crippen LogP contribution in [-0.4, -0.2) is 6.54 Å². The van der Waals surface area contributed by atoms with E-state index in [9.17, 15) is 0 Å². The highest BCUT2D eigenvalue weighted by atomic mass is 35.5. The third-order valence-corrected chi connectivity index (χ3v) is 4.87. The third-order valence-electron chi connectivity index (χ3n) is 4.62. The van der Waals surface area contributed by atoms with Crippen molar-refractivity contribution in [2.24, 2.45) is 0 Å². The lowest BCUT2D eigenvalue weighted by atomic mass is 9.92. The molecule has 3 heteroatoms. The van der Waals surface area contributed by atoms with E-state index in [1.165, 1.54) is 16.7 Å². The van der Waals surface area contributed by atoms with Crippen LogP contribution in [0, 0.1) is 6.92 Å². The fourth-order valence-electron chi connectivity index (χ4n) is 3.07. The predicted octanol–water partition coefficient (Wildman–Crippen LogP) is 6.11. The third kappa shape index (κ3) is 4.75. The molecule has 3 aromatic rings. The van der Waals surface area contributed by atoms with Gasteiger partial charge in [-0.15, -0.1) is 0 Å². The Labute approximate surface area is 154 Å². The van der Waals surface area contributed by atoms with Gasteiger partial charge in [0, 0.05) is 17.0 Å². The summed E-state index contributed by atoms with van der Waals surface area (Å²) in [6, 6.07) is 21.1. The molecule has 3 rings (SSSR count). The second-order valence-corrected chi connectivity index (χ2v) is 6.93. The molecule has 0 fully saturated rings. The molecule has 0 saturated carbocycles.